The lowest BCUT2D eigenvalue weighted by Gasteiger charge is -2.18. The van der Waals surface area contributed by atoms with Gasteiger partial charge in [0.25, 0.3) is 5.91 Å². The number of ether oxygens (including phenoxy) is 1. The van der Waals surface area contributed by atoms with Crippen molar-refractivity contribution in [3.63, 3.8) is 0 Å². The van der Waals surface area contributed by atoms with Crippen LogP contribution in [0.25, 0.3) is 0 Å². The number of amides is 1. The molecule has 0 aliphatic rings. The zero-order chi connectivity index (χ0) is 14.3. The predicted octanol–water partition coefficient (Wildman–Crippen LogP) is 2.13. The van der Waals surface area contributed by atoms with Crippen LogP contribution in [0.3, 0.4) is 0 Å². The van der Waals surface area contributed by atoms with Crippen molar-refractivity contribution in [2.75, 3.05) is 19.7 Å². The topological polar surface area (TPSA) is 62.1 Å². The van der Waals surface area contributed by atoms with Gasteiger partial charge < -0.3 is 14.8 Å². The van der Waals surface area contributed by atoms with Gasteiger partial charge in [0.05, 0.1) is 5.71 Å². The second-order valence-electron chi connectivity index (χ2n) is 4.07. The first-order valence-corrected chi connectivity index (χ1v) is 6.32. The molecule has 19 heavy (non-hydrogen) atoms. The second-order valence-corrected chi connectivity index (χ2v) is 4.07. The Balaban J connectivity index is 2.66. The molecule has 0 aliphatic carbocycles. The van der Waals surface area contributed by atoms with Crippen molar-refractivity contribution < 1.29 is 14.7 Å². The Morgan fingerprint density at radius 2 is 2.05 bits per heavy atom. The van der Waals surface area contributed by atoms with E-state index in [9.17, 15) is 4.79 Å². The number of hydrogen-bond acceptors (Lipinski definition) is 4. The van der Waals surface area contributed by atoms with Crippen LogP contribution in [0.1, 0.15) is 26.3 Å². The fourth-order valence-electron chi connectivity index (χ4n) is 1.68. The highest BCUT2D eigenvalue weighted by Crippen LogP contribution is 2.14. The zero-order valence-corrected chi connectivity index (χ0v) is 11.6. The van der Waals surface area contributed by atoms with Crippen molar-refractivity contribution in [2.45, 2.75) is 20.8 Å². The fraction of sp³-hybridized carbons (Fsp3) is 0.429. The minimum atomic E-state index is -0.0389. The van der Waals surface area contributed by atoms with Gasteiger partial charge in [-0.05, 0) is 32.9 Å². The monoisotopic (exact) mass is 264 g/mol. The molecule has 1 aromatic carbocycles. The number of carbonyl (C=O) groups is 1. The maximum atomic E-state index is 11.8. The predicted molar refractivity (Wildman–Crippen MR) is 73.9 cm³/mol. The molecule has 0 saturated carbocycles. The smallest absolute Gasteiger partial charge is 0.260 e. The van der Waals surface area contributed by atoms with E-state index in [1.165, 1.54) is 0 Å². The van der Waals surface area contributed by atoms with E-state index in [0.29, 0.717) is 24.6 Å². The van der Waals surface area contributed by atoms with Crippen LogP contribution in [-0.4, -0.2) is 41.4 Å². The molecule has 5 nitrogen and oxygen atoms in total. The van der Waals surface area contributed by atoms with Crippen LogP contribution in [0.5, 0.6) is 5.75 Å². The Bertz CT molecular complexity index is 454. The van der Waals surface area contributed by atoms with Gasteiger partial charge in [0.2, 0.25) is 0 Å². The molecule has 0 heterocycles. The maximum Gasteiger partial charge on any atom is 0.260 e. The average molecular weight is 264 g/mol. The van der Waals surface area contributed by atoms with Crippen LogP contribution < -0.4 is 4.74 Å². The molecule has 0 unspecified atom stereocenters. The van der Waals surface area contributed by atoms with Crippen LogP contribution in [0.4, 0.5) is 0 Å². The van der Waals surface area contributed by atoms with E-state index in [2.05, 4.69) is 5.16 Å². The van der Waals surface area contributed by atoms with Crippen LogP contribution in [0.15, 0.2) is 29.4 Å². The standard InChI is InChI=1S/C14H20N2O3/c1-4-16(5-2)14(17)10-19-13-8-6-7-12(9-13)11(3)15-18/h6-9,18H,4-5,10H2,1-3H3/b15-11+. The molecule has 104 valence electrons. The molecule has 0 fully saturated rings. The molecular formula is C14H20N2O3. The third-order valence-corrected chi connectivity index (χ3v) is 2.88. The normalized spacial score (nSPS) is 11.2. The van der Waals surface area contributed by atoms with Crippen molar-refractivity contribution in [1.82, 2.24) is 4.90 Å². The van der Waals surface area contributed by atoms with Crippen LogP contribution >= 0.6 is 0 Å². The summed E-state index contributed by atoms with van der Waals surface area (Å²) in [6, 6.07) is 7.11. The zero-order valence-electron chi connectivity index (χ0n) is 11.6. The van der Waals surface area contributed by atoms with Gasteiger partial charge in [-0.1, -0.05) is 17.3 Å². The number of hydrogen-bond donors (Lipinski definition) is 1. The first-order valence-electron chi connectivity index (χ1n) is 6.32. The summed E-state index contributed by atoms with van der Waals surface area (Å²) >= 11 is 0. The highest BCUT2D eigenvalue weighted by atomic mass is 16.5. The number of rotatable bonds is 6. The summed E-state index contributed by atoms with van der Waals surface area (Å²) in [5, 5.41) is 11.9. The Hall–Kier alpha value is -2.04. The number of carbonyl (C=O) groups excluding carboxylic acids is 1. The van der Waals surface area contributed by atoms with Gasteiger partial charge in [0.1, 0.15) is 5.75 Å². The Morgan fingerprint density at radius 1 is 1.37 bits per heavy atom. The van der Waals surface area contributed by atoms with Gasteiger partial charge in [-0.3, -0.25) is 4.79 Å². The summed E-state index contributed by atoms with van der Waals surface area (Å²) in [4.78, 5) is 13.5. The molecule has 1 aromatic rings. The molecule has 1 N–H and O–H groups in total. The molecule has 0 saturated heterocycles. The minimum absolute atomic E-state index is 0.0143. The third kappa shape index (κ3) is 4.28. The molecule has 5 heteroatoms. The van der Waals surface area contributed by atoms with E-state index in [1.54, 1.807) is 30.0 Å². The molecule has 0 spiro atoms. The Morgan fingerprint density at radius 3 is 2.63 bits per heavy atom. The quantitative estimate of drug-likeness (QED) is 0.486. The third-order valence-electron chi connectivity index (χ3n) is 2.88. The van der Waals surface area contributed by atoms with Gasteiger partial charge in [0, 0.05) is 18.7 Å². The number of oxime groups is 1. The summed E-state index contributed by atoms with van der Waals surface area (Å²) in [5.41, 5.74) is 1.26. The Kier molecular flexibility index (Phi) is 5.85. The molecule has 0 radical (unpaired) electrons. The molecular weight excluding hydrogens is 244 g/mol. The van der Waals surface area contributed by atoms with E-state index >= 15 is 0 Å². The number of nitrogens with zero attached hydrogens (tertiary/aromatic N) is 2. The van der Waals surface area contributed by atoms with Crippen molar-refractivity contribution in [1.29, 1.82) is 0 Å². The van der Waals surface area contributed by atoms with Crippen LogP contribution in [-0.2, 0) is 4.79 Å². The summed E-state index contributed by atoms with van der Waals surface area (Å²) in [6.07, 6.45) is 0. The van der Waals surface area contributed by atoms with E-state index < -0.39 is 0 Å². The van der Waals surface area contributed by atoms with Gasteiger partial charge >= 0.3 is 0 Å². The molecule has 0 aromatic heterocycles. The SMILES string of the molecule is CCN(CC)C(=O)COc1cccc(/C(C)=N/O)c1. The largest absolute Gasteiger partial charge is 0.484 e. The lowest BCUT2D eigenvalue weighted by molar-refractivity contribution is -0.132. The van der Waals surface area contributed by atoms with Gasteiger partial charge in [0.15, 0.2) is 6.61 Å². The number of benzene rings is 1. The first kappa shape index (κ1) is 15.0. The second kappa shape index (κ2) is 7.41. The molecule has 1 rings (SSSR count). The molecule has 1 amide bonds. The van der Waals surface area contributed by atoms with Crippen molar-refractivity contribution in [3.05, 3.63) is 29.8 Å². The fourth-order valence-corrected chi connectivity index (χ4v) is 1.68. The van der Waals surface area contributed by atoms with Gasteiger partial charge in [-0.2, -0.15) is 0 Å². The van der Waals surface area contributed by atoms with E-state index in [1.807, 2.05) is 19.9 Å². The van der Waals surface area contributed by atoms with Gasteiger partial charge in [-0.25, -0.2) is 0 Å². The molecule has 0 aliphatic heterocycles. The minimum Gasteiger partial charge on any atom is -0.484 e. The first-order chi connectivity index (χ1) is 9.12. The maximum absolute atomic E-state index is 11.8. The molecule has 0 bridgehead atoms. The Labute approximate surface area is 113 Å². The van der Waals surface area contributed by atoms with Crippen molar-refractivity contribution in [2.24, 2.45) is 5.16 Å². The highest BCUT2D eigenvalue weighted by Gasteiger charge is 2.10. The lowest BCUT2D eigenvalue weighted by atomic mass is 10.1. The van der Waals surface area contributed by atoms with Crippen molar-refractivity contribution >= 4 is 11.6 Å². The summed E-state index contributed by atoms with van der Waals surface area (Å²) in [6.45, 7) is 6.93. The molecule has 0 atom stereocenters. The van der Waals surface area contributed by atoms with E-state index in [4.69, 9.17) is 9.94 Å². The van der Waals surface area contributed by atoms with Crippen molar-refractivity contribution in [3.8, 4) is 5.75 Å². The number of likely N-dealkylation sites (N-methyl/N-ethyl adjacent to an activating group) is 1. The average Bonchev–Trinajstić information content (AvgIpc) is 2.45. The van der Waals surface area contributed by atoms with Crippen LogP contribution in [0.2, 0.25) is 0 Å². The van der Waals surface area contributed by atoms with Crippen LogP contribution in [0, 0.1) is 0 Å². The van der Waals surface area contributed by atoms with Gasteiger partial charge in [-0.15, -0.1) is 0 Å². The summed E-state index contributed by atoms with van der Waals surface area (Å²) in [7, 11) is 0. The van der Waals surface area contributed by atoms with E-state index in [0.717, 1.165) is 5.56 Å². The summed E-state index contributed by atoms with van der Waals surface area (Å²) < 4.78 is 5.46. The summed E-state index contributed by atoms with van der Waals surface area (Å²) in [5.74, 6) is 0.545. The van der Waals surface area contributed by atoms with E-state index in [-0.39, 0.29) is 12.5 Å². The lowest BCUT2D eigenvalue weighted by Crippen LogP contribution is -2.34. The highest BCUT2D eigenvalue weighted by molar-refractivity contribution is 5.98.